The first-order valence-corrected chi connectivity index (χ1v) is 13.1. The zero-order valence-electron chi connectivity index (χ0n) is 20.6. The number of halogens is 6. The van der Waals surface area contributed by atoms with Gasteiger partial charge in [0.15, 0.2) is 11.6 Å². The lowest BCUT2D eigenvalue weighted by Crippen LogP contribution is -2.17. The maximum atomic E-state index is 12.0. The summed E-state index contributed by atoms with van der Waals surface area (Å²) in [5.41, 5.74) is 1.68. The van der Waals surface area contributed by atoms with E-state index in [0.717, 1.165) is 23.5 Å². The van der Waals surface area contributed by atoms with Crippen molar-refractivity contribution < 1.29 is 55.6 Å². The van der Waals surface area contributed by atoms with Gasteiger partial charge in [0, 0.05) is 16.7 Å². The van der Waals surface area contributed by atoms with Crippen LogP contribution in [0.1, 0.15) is 35.0 Å². The number of aromatic hydroxyl groups is 1. The fraction of sp³-hybridized carbons (Fsp3) is 0.231. The van der Waals surface area contributed by atoms with Crippen molar-refractivity contribution in [2.45, 2.75) is 31.8 Å². The lowest BCUT2D eigenvalue weighted by Gasteiger charge is -2.12. The van der Waals surface area contributed by atoms with E-state index >= 15 is 0 Å². The van der Waals surface area contributed by atoms with E-state index < -0.39 is 18.0 Å². The lowest BCUT2D eigenvalue weighted by atomic mass is 10.1. The van der Waals surface area contributed by atoms with Gasteiger partial charge in [-0.25, -0.2) is 0 Å². The fourth-order valence-electron chi connectivity index (χ4n) is 3.47. The normalized spacial score (nSPS) is 15.3. The van der Waals surface area contributed by atoms with Gasteiger partial charge in [-0.15, -0.1) is 49.4 Å². The summed E-state index contributed by atoms with van der Waals surface area (Å²) < 4.78 is 79.7. The highest BCUT2D eigenvalue weighted by atomic mass is 32.2. The van der Waals surface area contributed by atoms with Gasteiger partial charge >= 0.3 is 12.7 Å². The van der Waals surface area contributed by atoms with E-state index in [0.29, 0.717) is 27.3 Å². The number of thiophene rings is 1. The smallest absolute Gasteiger partial charge is 0.510 e. The van der Waals surface area contributed by atoms with Crippen LogP contribution in [0.5, 0.6) is 17.2 Å². The number of ketones is 2. The molecule has 1 atom stereocenters. The molecular formula is C26H20F6O6S2. The van der Waals surface area contributed by atoms with E-state index in [4.69, 9.17) is 0 Å². The van der Waals surface area contributed by atoms with Crippen LogP contribution in [-0.2, 0) is 4.79 Å². The number of carbonyl (C=O) groups is 2. The van der Waals surface area contributed by atoms with Crippen LogP contribution in [0.3, 0.4) is 0 Å². The Morgan fingerprint density at radius 3 is 1.73 bits per heavy atom. The molecule has 3 aromatic rings. The number of carbonyl (C=O) groups excluding carboxylic acids is 2. The van der Waals surface area contributed by atoms with Crippen molar-refractivity contribution >= 4 is 34.7 Å². The molecule has 4 rings (SSSR count). The van der Waals surface area contributed by atoms with E-state index in [9.17, 15) is 46.1 Å². The summed E-state index contributed by atoms with van der Waals surface area (Å²) in [6.45, 7) is 2.70. The molecule has 214 valence electrons. The third kappa shape index (κ3) is 8.18. The molecule has 0 radical (unpaired) electrons. The van der Waals surface area contributed by atoms with Crippen LogP contribution in [0, 0.1) is 0 Å². The Labute approximate surface area is 231 Å². The number of ether oxygens (including phenoxy) is 2. The Balaban J connectivity index is 0.000000220. The largest absolute Gasteiger partial charge is 0.573 e. The highest BCUT2D eigenvalue weighted by molar-refractivity contribution is 8.00. The second kappa shape index (κ2) is 12.3. The molecule has 1 aliphatic rings. The minimum Gasteiger partial charge on any atom is -0.510 e. The van der Waals surface area contributed by atoms with Gasteiger partial charge in [-0.2, -0.15) is 0 Å². The van der Waals surface area contributed by atoms with Gasteiger partial charge in [0.25, 0.3) is 0 Å². The van der Waals surface area contributed by atoms with Crippen LogP contribution >= 0.6 is 23.1 Å². The van der Waals surface area contributed by atoms with Crippen molar-refractivity contribution in [2.24, 2.45) is 0 Å². The van der Waals surface area contributed by atoms with Gasteiger partial charge in [0.1, 0.15) is 23.0 Å². The number of rotatable bonds is 6. The van der Waals surface area contributed by atoms with Crippen LogP contribution in [0.15, 0.2) is 65.2 Å². The summed E-state index contributed by atoms with van der Waals surface area (Å²) in [4.78, 5) is 22.9. The monoisotopic (exact) mass is 606 g/mol. The number of benzene rings is 2. The van der Waals surface area contributed by atoms with E-state index in [-0.39, 0.29) is 40.1 Å². The first-order valence-electron chi connectivity index (χ1n) is 11.1. The van der Waals surface area contributed by atoms with Crippen molar-refractivity contribution in [1.82, 2.24) is 0 Å². The predicted octanol–water partition coefficient (Wildman–Crippen LogP) is 8.00. The average molecular weight is 607 g/mol. The number of Topliss-reactive ketones (excluding diaryl/α,β-unsaturated/α-hetero) is 2. The standard InChI is InChI=1S/C13H11F3O3S.C13H9F3O3S/c2*1-7(17)10-6-20-12(11(10)18)8-2-4-9(5-3-8)19-13(14,15)16/h2-5,12,18H,6H2,1H3;2-6,18H,1H3. The maximum Gasteiger partial charge on any atom is 0.573 e. The van der Waals surface area contributed by atoms with Crippen LogP contribution in [0.2, 0.25) is 0 Å². The zero-order valence-corrected chi connectivity index (χ0v) is 22.2. The number of aliphatic hydroxyl groups excluding tert-OH is 1. The zero-order chi connectivity index (χ0) is 29.8. The summed E-state index contributed by atoms with van der Waals surface area (Å²) in [6.07, 6.45) is -9.47. The molecule has 1 aromatic heterocycles. The predicted molar refractivity (Wildman–Crippen MR) is 137 cm³/mol. The first-order chi connectivity index (χ1) is 18.6. The molecule has 0 fully saturated rings. The molecule has 2 N–H and O–H groups in total. The molecule has 2 aromatic carbocycles. The summed E-state index contributed by atoms with van der Waals surface area (Å²) in [5, 5.41) is 20.9. The quantitative estimate of drug-likeness (QED) is 0.217. The van der Waals surface area contributed by atoms with Gasteiger partial charge in [-0.1, -0.05) is 12.1 Å². The molecule has 0 aliphatic carbocycles. The Morgan fingerprint density at radius 1 is 0.825 bits per heavy atom. The van der Waals surface area contributed by atoms with Crippen molar-refractivity contribution in [1.29, 1.82) is 0 Å². The SMILES string of the molecule is CC(=O)C1=C(O)C(c2ccc(OC(F)(F)F)cc2)SC1.CC(=O)c1csc(-c2ccc(OC(F)(F)F)cc2)c1O. The number of hydrogen-bond donors (Lipinski definition) is 2. The van der Waals surface area contributed by atoms with Crippen molar-refractivity contribution in [3.8, 4) is 27.7 Å². The average Bonchev–Trinajstić information content (AvgIpc) is 3.41. The fourth-order valence-corrected chi connectivity index (χ4v) is 5.81. The third-order valence-electron chi connectivity index (χ3n) is 5.29. The second-order valence-electron chi connectivity index (χ2n) is 8.18. The van der Waals surface area contributed by atoms with Crippen molar-refractivity contribution in [3.63, 3.8) is 0 Å². The molecule has 6 nitrogen and oxygen atoms in total. The van der Waals surface area contributed by atoms with Crippen molar-refractivity contribution in [2.75, 3.05) is 5.75 Å². The highest BCUT2D eigenvalue weighted by Crippen LogP contribution is 2.44. The maximum absolute atomic E-state index is 12.0. The Bertz CT molecular complexity index is 1390. The Hall–Kier alpha value is -3.65. The van der Waals surface area contributed by atoms with Gasteiger partial charge < -0.3 is 19.7 Å². The van der Waals surface area contributed by atoms with Crippen molar-refractivity contribution in [3.05, 3.63) is 76.4 Å². The molecule has 0 saturated heterocycles. The van der Waals surface area contributed by atoms with E-state index in [1.165, 1.54) is 67.4 Å². The van der Waals surface area contributed by atoms with Gasteiger partial charge in [0.05, 0.1) is 15.7 Å². The molecule has 1 unspecified atom stereocenters. The molecule has 14 heteroatoms. The lowest BCUT2D eigenvalue weighted by molar-refractivity contribution is -0.275. The summed E-state index contributed by atoms with van der Waals surface area (Å²) in [7, 11) is 0. The molecule has 2 heterocycles. The number of alkyl halides is 6. The molecule has 0 amide bonds. The van der Waals surface area contributed by atoms with Gasteiger partial charge in [-0.05, 0) is 61.4 Å². The van der Waals surface area contributed by atoms with Crippen LogP contribution in [-0.4, -0.2) is 40.3 Å². The van der Waals surface area contributed by atoms with Crippen LogP contribution < -0.4 is 9.47 Å². The first kappa shape index (κ1) is 30.9. The second-order valence-corrected chi connectivity index (χ2v) is 10.2. The summed E-state index contributed by atoms with van der Waals surface area (Å²) in [6, 6.07) is 10.3. The van der Waals surface area contributed by atoms with Gasteiger partial charge in [-0.3, -0.25) is 9.59 Å². The Kier molecular flexibility index (Phi) is 9.46. The van der Waals surface area contributed by atoms with E-state index in [1.54, 1.807) is 0 Å². The molecular weight excluding hydrogens is 586 g/mol. The molecule has 40 heavy (non-hydrogen) atoms. The van der Waals surface area contributed by atoms with E-state index in [2.05, 4.69) is 9.47 Å². The van der Waals surface area contributed by atoms with E-state index in [1.807, 2.05) is 0 Å². The number of thioether (sulfide) groups is 1. The third-order valence-corrected chi connectivity index (χ3v) is 7.59. The van der Waals surface area contributed by atoms with Crippen LogP contribution in [0.4, 0.5) is 26.3 Å². The minimum absolute atomic E-state index is 0.0213. The molecule has 0 spiro atoms. The van der Waals surface area contributed by atoms with Crippen LogP contribution in [0.25, 0.3) is 10.4 Å². The highest BCUT2D eigenvalue weighted by Gasteiger charge is 2.33. The number of hydrogen-bond acceptors (Lipinski definition) is 8. The molecule has 0 bridgehead atoms. The summed E-state index contributed by atoms with van der Waals surface area (Å²) >= 11 is 2.49. The number of aliphatic hydroxyl groups is 1. The topological polar surface area (TPSA) is 93.1 Å². The minimum atomic E-state index is -4.74. The van der Waals surface area contributed by atoms with Gasteiger partial charge in [0.2, 0.25) is 0 Å². The molecule has 0 saturated carbocycles. The summed E-state index contributed by atoms with van der Waals surface area (Å²) in [5.74, 6) is -0.925. The Morgan fingerprint density at radius 2 is 1.32 bits per heavy atom. The molecule has 1 aliphatic heterocycles.